The standard InChI is InChI=1S/C13H15NO2S/c1-13(2,3)16-12(15)14-8-11(17)9-6-4-5-7-10(9)14/h4-8,17H,1-3H3. The van der Waals surface area contributed by atoms with Crippen molar-refractivity contribution in [2.45, 2.75) is 31.3 Å². The van der Waals surface area contributed by atoms with E-state index in [2.05, 4.69) is 12.6 Å². The predicted molar refractivity (Wildman–Crippen MR) is 70.8 cm³/mol. The molecule has 0 N–H and O–H groups in total. The summed E-state index contributed by atoms with van der Waals surface area (Å²) >= 11 is 4.35. The number of nitrogens with zero attached hydrogens (tertiary/aromatic N) is 1. The molecule has 2 aromatic rings. The fourth-order valence-corrected chi connectivity index (χ4v) is 1.93. The average Bonchev–Trinajstić information content (AvgIpc) is 2.55. The molecule has 0 radical (unpaired) electrons. The molecule has 0 spiro atoms. The lowest BCUT2D eigenvalue weighted by atomic mass is 10.2. The minimum absolute atomic E-state index is 0.381. The van der Waals surface area contributed by atoms with Gasteiger partial charge in [-0.1, -0.05) is 18.2 Å². The van der Waals surface area contributed by atoms with Gasteiger partial charge in [-0.05, 0) is 26.8 Å². The third-order valence-corrected chi connectivity index (χ3v) is 2.64. The quantitative estimate of drug-likeness (QED) is 0.722. The Labute approximate surface area is 106 Å². The number of rotatable bonds is 0. The normalized spacial score (nSPS) is 11.8. The predicted octanol–water partition coefficient (Wildman–Crippen LogP) is 3.71. The summed E-state index contributed by atoms with van der Waals surface area (Å²) < 4.78 is 6.82. The summed E-state index contributed by atoms with van der Waals surface area (Å²) in [7, 11) is 0. The molecule has 0 aliphatic heterocycles. The smallest absolute Gasteiger partial charge is 0.419 e. The van der Waals surface area contributed by atoms with E-state index in [0.717, 1.165) is 15.8 Å². The fourth-order valence-electron chi connectivity index (χ4n) is 1.62. The molecular weight excluding hydrogens is 234 g/mol. The maximum Gasteiger partial charge on any atom is 0.419 e. The third-order valence-electron chi connectivity index (χ3n) is 2.28. The van der Waals surface area contributed by atoms with Gasteiger partial charge in [0.05, 0.1) is 5.52 Å². The summed E-state index contributed by atoms with van der Waals surface area (Å²) in [5.74, 6) is 0. The van der Waals surface area contributed by atoms with E-state index in [0.29, 0.717) is 0 Å². The first-order chi connectivity index (χ1) is 7.88. The Bertz CT molecular complexity index is 566. The van der Waals surface area contributed by atoms with Crippen molar-refractivity contribution in [3.05, 3.63) is 30.5 Å². The van der Waals surface area contributed by atoms with Gasteiger partial charge in [-0.15, -0.1) is 12.6 Å². The van der Waals surface area contributed by atoms with E-state index in [-0.39, 0.29) is 6.09 Å². The van der Waals surface area contributed by atoms with Gasteiger partial charge in [-0.2, -0.15) is 0 Å². The molecule has 4 heteroatoms. The number of hydrogen-bond acceptors (Lipinski definition) is 3. The van der Waals surface area contributed by atoms with Gasteiger partial charge in [-0.25, -0.2) is 4.79 Å². The number of benzene rings is 1. The highest BCUT2D eigenvalue weighted by Gasteiger charge is 2.19. The summed E-state index contributed by atoms with van der Waals surface area (Å²) in [5.41, 5.74) is 0.311. The van der Waals surface area contributed by atoms with Crippen LogP contribution in [0.25, 0.3) is 10.9 Å². The lowest BCUT2D eigenvalue weighted by molar-refractivity contribution is 0.0544. The van der Waals surface area contributed by atoms with Crippen molar-refractivity contribution in [1.82, 2.24) is 4.57 Å². The van der Waals surface area contributed by atoms with Gasteiger partial charge in [0.1, 0.15) is 5.60 Å². The van der Waals surface area contributed by atoms with E-state index in [4.69, 9.17) is 4.74 Å². The molecule has 0 amide bonds. The minimum Gasteiger partial charge on any atom is -0.443 e. The van der Waals surface area contributed by atoms with Crippen LogP contribution in [0.1, 0.15) is 20.8 Å². The monoisotopic (exact) mass is 249 g/mol. The number of thiol groups is 1. The van der Waals surface area contributed by atoms with Gasteiger partial charge in [-0.3, -0.25) is 4.57 Å². The Morgan fingerprint density at radius 2 is 1.94 bits per heavy atom. The average molecular weight is 249 g/mol. The number of para-hydroxylation sites is 1. The first kappa shape index (κ1) is 12.0. The first-order valence-electron chi connectivity index (χ1n) is 5.41. The van der Waals surface area contributed by atoms with Crippen LogP contribution in [0.4, 0.5) is 4.79 Å². The largest absolute Gasteiger partial charge is 0.443 e. The van der Waals surface area contributed by atoms with Crippen molar-refractivity contribution < 1.29 is 9.53 Å². The molecule has 0 saturated heterocycles. The Hall–Kier alpha value is -1.42. The topological polar surface area (TPSA) is 31.2 Å². The van der Waals surface area contributed by atoms with Gasteiger partial charge >= 0.3 is 6.09 Å². The van der Waals surface area contributed by atoms with Gasteiger partial charge in [0.2, 0.25) is 0 Å². The summed E-state index contributed by atoms with van der Waals surface area (Å²) in [6.07, 6.45) is 1.30. The second kappa shape index (κ2) is 4.11. The van der Waals surface area contributed by atoms with Crippen LogP contribution < -0.4 is 0 Å². The van der Waals surface area contributed by atoms with E-state index >= 15 is 0 Å². The molecule has 0 unspecified atom stereocenters. The van der Waals surface area contributed by atoms with Crippen LogP contribution in [-0.4, -0.2) is 16.3 Å². The maximum atomic E-state index is 12.0. The summed E-state index contributed by atoms with van der Waals surface area (Å²) in [4.78, 5) is 12.8. The number of carbonyl (C=O) groups is 1. The molecule has 0 atom stereocenters. The van der Waals surface area contributed by atoms with E-state index < -0.39 is 5.60 Å². The zero-order valence-electron chi connectivity index (χ0n) is 10.1. The molecular formula is C13H15NO2S. The number of carbonyl (C=O) groups excluding carboxylic acids is 1. The van der Waals surface area contributed by atoms with E-state index in [9.17, 15) is 4.79 Å². The molecule has 0 bridgehead atoms. The Morgan fingerprint density at radius 1 is 1.29 bits per heavy atom. The molecule has 1 heterocycles. The summed E-state index contributed by atoms with van der Waals surface area (Å²) in [5, 5.41) is 0.946. The lowest BCUT2D eigenvalue weighted by Crippen LogP contribution is -2.26. The highest BCUT2D eigenvalue weighted by atomic mass is 32.1. The second-order valence-electron chi connectivity index (χ2n) is 4.88. The molecule has 90 valence electrons. The fraction of sp³-hybridized carbons (Fsp3) is 0.308. The highest BCUT2D eigenvalue weighted by molar-refractivity contribution is 7.80. The molecule has 0 aliphatic carbocycles. The number of ether oxygens (including phenoxy) is 1. The third kappa shape index (κ3) is 2.47. The van der Waals surface area contributed by atoms with Crippen LogP contribution >= 0.6 is 12.6 Å². The molecule has 1 aromatic carbocycles. The van der Waals surface area contributed by atoms with Crippen LogP contribution in [-0.2, 0) is 4.74 Å². The minimum atomic E-state index is -0.501. The zero-order chi connectivity index (χ0) is 12.6. The van der Waals surface area contributed by atoms with Gasteiger partial charge < -0.3 is 4.74 Å². The van der Waals surface area contributed by atoms with Crippen molar-refractivity contribution >= 4 is 29.6 Å². The van der Waals surface area contributed by atoms with Crippen LogP contribution in [0.15, 0.2) is 35.4 Å². The van der Waals surface area contributed by atoms with Crippen molar-refractivity contribution in [2.75, 3.05) is 0 Å². The molecule has 2 rings (SSSR count). The molecule has 0 fully saturated rings. The van der Waals surface area contributed by atoms with Crippen LogP contribution in [0.2, 0.25) is 0 Å². The number of fused-ring (bicyclic) bond motifs is 1. The van der Waals surface area contributed by atoms with Crippen molar-refractivity contribution in [2.24, 2.45) is 0 Å². The number of aromatic nitrogens is 1. The first-order valence-corrected chi connectivity index (χ1v) is 5.85. The van der Waals surface area contributed by atoms with Gasteiger partial charge in [0, 0.05) is 16.5 Å². The molecule has 17 heavy (non-hydrogen) atoms. The van der Waals surface area contributed by atoms with Crippen LogP contribution in [0.5, 0.6) is 0 Å². The van der Waals surface area contributed by atoms with Crippen molar-refractivity contribution in [3.63, 3.8) is 0 Å². The molecule has 0 aliphatic rings. The highest BCUT2D eigenvalue weighted by Crippen LogP contribution is 2.24. The lowest BCUT2D eigenvalue weighted by Gasteiger charge is -2.19. The van der Waals surface area contributed by atoms with Gasteiger partial charge in [0.25, 0.3) is 0 Å². The van der Waals surface area contributed by atoms with Gasteiger partial charge in [0.15, 0.2) is 0 Å². The molecule has 0 saturated carbocycles. The maximum absolute atomic E-state index is 12.0. The molecule has 3 nitrogen and oxygen atoms in total. The van der Waals surface area contributed by atoms with Crippen LogP contribution in [0, 0.1) is 0 Å². The van der Waals surface area contributed by atoms with E-state index in [1.807, 2.05) is 45.0 Å². The van der Waals surface area contributed by atoms with Crippen molar-refractivity contribution in [1.29, 1.82) is 0 Å². The second-order valence-corrected chi connectivity index (χ2v) is 5.36. The zero-order valence-corrected chi connectivity index (χ0v) is 11.0. The van der Waals surface area contributed by atoms with Crippen LogP contribution in [0.3, 0.4) is 0 Å². The Balaban J connectivity index is 2.46. The number of hydrogen-bond donors (Lipinski definition) is 1. The Morgan fingerprint density at radius 3 is 2.59 bits per heavy atom. The van der Waals surface area contributed by atoms with Crippen molar-refractivity contribution in [3.8, 4) is 0 Å². The molecule has 1 aromatic heterocycles. The van der Waals surface area contributed by atoms with E-state index in [1.54, 1.807) is 6.20 Å². The SMILES string of the molecule is CC(C)(C)OC(=O)n1cc(S)c2ccccc21. The Kier molecular flexibility index (Phi) is 2.91. The summed E-state index contributed by atoms with van der Waals surface area (Å²) in [6.45, 7) is 5.54. The summed E-state index contributed by atoms with van der Waals surface area (Å²) in [6, 6.07) is 7.61. The van der Waals surface area contributed by atoms with E-state index in [1.165, 1.54) is 4.57 Å².